The maximum Gasteiger partial charge on any atom is 0.242 e. The van der Waals surface area contributed by atoms with Crippen molar-refractivity contribution in [2.24, 2.45) is 11.6 Å². The second-order valence-electron chi connectivity index (χ2n) is 8.47. The predicted octanol–water partition coefficient (Wildman–Crippen LogP) is 3.37. The molecular formula is C24H31FN8O. The number of hydrazine groups is 1. The summed E-state index contributed by atoms with van der Waals surface area (Å²) in [5.74, 6) is 6.93. The normalized spacial score (nSPS) is 15.1. The molecule has 3 aromatic rings. The number of hydrogen-bond acceptors (Lipinski definition) is 8. The van der Waals surface area contributed by atoms with Crippen molar-refractivity contribution in [1.82, 2.24) is 24.8 Å². The van der Waals surface area contributed by atoms with Crippen LogP contribution in [0.2, 0.25) is 0 Å². The largest absolute Gasteiger partial charge is 0.489 e. The van der Waals surface area contributed by atoms with Gasteiger partial charge in [0.1, 0.15) is 17.9 Å². The van der Waals surface area contributed by atoms with E-state index in [0.717, 1.165) is 24.3 Å². The van der Waals surface area contributed by atoms with Gasteiger partial charge in [0.05, 0.1) is 41.1 Å². The minimum atomic E-state index is -0.309. The standard InChI is InChI=1S/C24H31FN8O/c1-16-22(34-19-6-4-3-5-7-19)13-12-20(30-16)23(26)21(32(2)27)14-28-24-29-15-33(31-24)18-10-8-17(25)9-11-18/h8-13,15,19H,3-7,14,26-27H2,1-2H3,(H,28,31)/b23-21-. The van der Waals surface area contributed by atoms with Gasteiger partial charge in [-0.25, -0.2) is 24.9 Å². The first kappa shape index (κ1) is 23.5. The molecule has 0 bridgehead atoms. The van der Waals surface area contributed by atoms with Gasteiger partial charge in [0, 0.05) is 7.05 Å². The van der Waals surface area contributed by atoms with Gasteiger partial charge in [0.25, 0.3) is 0 Å². The van der Waals surface area contributed by atoms with Gasteiger partial charge < -0.3 is 20.8 Å². The average Bonchev–Trinajstić information content (AvgIpc) is 3.30. The summed E-state index contributed by atoms with van der Waals surface area (Å²) in [4.78, 5) is 8.92. The van der Waals surface area contributed by atoms with Crippen molar-refractivity contribution in [1.29, 1.82) is 0 Å². The first-order valence-corrected chi connectivity index (χ1v) is 11.4. The highest BCUT2D eigenvalue weighted by Gasteiger charge is 2.17. The predicted molar refractivity (Wildman–Crippen MR) is 129 cm³/mol. The molecule has 2 aromatic heterocycles. The van der Waals surface area contributed by atoms with Crippen molar-refractivity contribution in [3.05, 3.63) is 65.6 Å². The van der Waals surface area contributed by atoms with E-state index in [0.29, 0.717) is 28.7 Å². The number of rotatable bonds is 8. The Hall–Kier alpha value is -3.66. The summed E-state index contributed by atoms with van der Waals surface area (Å²) in [5.41, 5.74) is 9.63. The third kappa shape index (κ3) is 5.63. The molecule has 10 heteroatoms. The minimum absolute atomic E-state index is 0.255. The summed E-state index contributed by atoms with van der Waals surface area (Å²) in [6, 6.07) is 9.77. The summed E-state index contributed by atoms with van der Waals surface area (Å²) in [7, 11) is 1.71. The highest BCUT2D eigenvalue weighted by atomic mass is 19.1. The molecule has 4 rings (SSSR count). The molecule has 1 aromatic carbocycles. The van der Waals surface area contributed by atoms with Gasteiger partial charge in [-0.3, -0.25) is 0 Å². The SMILES string of the molecule is Cc1nc(/C(N)=C(\CNc2ncn(-c3ccc(F)cc3)n2)N(C)N)ccc1OC1CCCCC1. The van der Waals surface area contributed by atoms with Crippen LogP contribution in [-0.2, 0) is 0 Å². The number of anilines is 1. The Balaban J connectivity index is 1.46. The van der Waals surface area contributed by atoms with Crippen LogP contribution in [0.5, 0.6) is 5.75 Å². The fourth-order valence-electron chi connectivity index (χ4n) is 3.97. The van der Waals surface area contributed by atoms with Crippen LogP contribution in [-0.4, -0.2) is 44.5 Å². The molecule has 0 atom stereocenters. The third-order valence-corrected chi connectivity index (χ3v) is 5.89. The summed E-state index contributed by atoms with van der Waals surface area (Å²) >= 11 is 0. The van der Waals surface area contributed by atoms with E-state index in [9.17, 15) is 4.39 Å². The fourth-order valence-corrected chi connectivity index (χ4v) is 3.97. The molecule has 0 spiro atoms. The fraction of sp³-hybridized carbons (Fsp3) is 0.375. The molecule has 1 aliphatic rings. The van der Waals surface area contributed by atoms with Crippen LogP contribution in [0.4, 0.5) is 10.3 Å². The maximum atomic E-state index is 13.2. The second kappa shape index (κ2) is 10.5. The van der Waals surface area contributed by atoms with Crippen LogP contribution in [0, 0.1) is 12.7 Å². The minimum Gasteiger partial charge on any atom is -0.489 e. The zero-order valence-electron chi connectivity index (χ0n) is 19.5. The van der Waals surface area contributed by atoms with Crippen molar-refractivity contribution in [3.8, 4) is 11.4 Å². The number of hydrogen-bond donors (Lipinski definition) is 3. The zero-order chi connectivity index (χ0) is 24.1. The molecule has 1 saturated carbocycles. The molecule has 0 radical (unpaired) electrons. The molecule has 9 nitrogen and oxygen atoms in total. The molecule has 0 unspecified atom stereocenters. The Labute approximate surface area is 198 Å². The molecule has 34 heavy (non-hydrogen) atoms. The Kier molecular flexibility index (Phi) is 7.27. The first-order valence-electron chi connectivity index (χ1n) is 11.4. The van der Waals surface area contributed by atoms with Gasteiger partial charge in [0.15, 0.2) is 0 Å². The van der Waals surface area contributed by atoms with Gasteiger partial charge in [0.2, 0.25) is 5.95 Å². The van der Waals surface area contributed by atoms with E-state index in [1.54, 1.807) is 30.2 Å². The lowest BCUT2D eigenvalue weighted by molar-refractivity contribution is 0.153. The lowest BCUT2D eigenvalue weighted by Crippen LogP contribution is -2.32. The number of ether oxygens (including phenoxy) is 1. The summed E-state index contributed by atoms with van der Waals surface area (Å²) < 4.78 is 20.9. The number of nitrogens with one attached hydrogen (secondary N) is 1. The van der Waals surface area contributed by atoms with E-state index < -0.39 is 0 Å². The topological polar surface area (TPSA) is 120 Å². The van der Waals surface area contributed by atoms with E-state index in [2.05, 4.69) is 20.4 Å². The third-order valence-electron chi connectivity index (χ3n) is 5.89. The van der Waals surface area contributed by atoms with Crippen LogP contribution in [0.25, 0.3) is 11.4 Å². The summed E-state index contributed by atoms with van der Waals surface area (Å²) in [5, 5.41) is 8.95. The van der Waals surface area contributed by atoms with E-state index in [1.807, 2.05) is 19.1 Å². The summed E-state index contributed by atoms with van der Waals surface area (Å²) in [6.45, 7) is 2.21. The van der Waals surface area contributed by atoms with E-state index in [-0.39, 0.29) is 18.5 Å². The molecule has 1 fully saturated rings. The molecule has 5 N–H and O–H groups in total. The van der Waals surface area contributed by atoms with Crippen LogP contribution in [0.15, 0.2) is 48.4 Å². The Morgan fingerprint density at radius 1 is 1.18 bits per heavy atom. The first-order chi connectivity index (χ1) is 16.4. The number of nitrogens with two attached hydrogens (primary N) is 2. The highest BCUT2D eigenvalue weighted by Crippen LogP contribution is 2.26. The van der Waals surface area contributed by atoms with Crippen LogP contribution < -0.4 is 21.6 Å². The van der Waals surface area contributed by atoms with Crippen molar-refractivity contribution in [2.45, 2.75) is 45.1 Å². The monoisotopic (exact) mass is 466 g/mol. The van der Waals surface area contributed by atoms with Crippen LogP contribution >= 0.6 is 0 Å². The average molecular weight is 467 g/mol. The van der Waals surface area contributed by atoms with Crippen molar-refractivity contribution >= 4 is 11.6 Å². The van der Waals surface area contributed by atoms with Crippen molar-refractivity contribution < 1.29 is 9.13 Å². The van der Waals surface area contributed by atoms with Crippen molar-refractivity contribution in [3.63, 3.8) is 0 Å². The van der Waals surface area contributed by atoms with Gasteiger partial charge in [-0.1, -0.05) is 6.42 Å². The smallest absolute Gasteiger partial charge is 0.242 e. The van der Waals surface area contributed by atoms with E-state index >= 15 is 0 Å². The van der Waals surface area contributed by atoms with E-state index in [1.165, 1.54) is 36.4 Å². The van der Waals surface area contributed by atoms with Gasteiger partial charge in [-0.2, -0.15) is 0 Å². The van der Waals surface area contributed by atoms with Crippen molar-refractivity contribution in [2.75, 3.05) is 18.9 Å². The number of nitrogens with zero attached hydrogens (tertiary/aromatic N) is 5. The molecule has 2 heterocycles. The number of aromatic nitrogens is 4. The number of benzene rings is 1. The van der Waals surface area contributed by atoms with E-state index in [4.69, 9.17) is 16.3 Å². The molecule has 0 amide bonds. The highest BCUT2D eigenvalue weighted by molar-refractivity contribution is 5.64. The maximum absolute atomic E-state index is 13.2. The number of aryl methyl sites for hydroxylation is 1. The van der Waals surface area contributed by atoms with Crippen LogP contribution in [0.1, 0.15) is 43.5 Å². The van der Waals surface area contributed by atoms with Crippen LogP contribution in [0.3, 0.4) is 0 Å². The lowest BCUT2D eigenvalue weighted by Gasteiger charge is -2.24. The summed E-state index contributed by atoms with van der Waals surface area (Å²) in [6.07, 6.45) is 7.67. The number of likely N-dealkylation sites (N-methyl/N-ethyl adjacent to an activating group) is 1. The Morgan fingerprint density at radius 2 is 1.91 bits per heavy atom. The zero-order valence-corrected chi connectivity index (χ0v) is 19.5. The quantitative estimate of drug-likeness (QED) is 0.341. The lowest BCUT2D eigenvalue weighted by atomic mass is 9.98. The van der Waals surface area contributed by atoms with Gasteiger partial charge >= 0.3 is 0 Å². The second-order valence-corrected chi connectivity index (χ2v) is 8.47. The van der Waals surface area contributed by atoms with Gasteiger partial charge in [-0.15, -0.1) is 5.10 Å². The number of halogens is 1. The molecule has 0 aliphatic heterocycles. The Bertz CT molecular complexity index is 1140. The Morgan fingerprint density at radius 3 is 2.59 bits per heavy atom. The molecule has 1 aliphatic carbocycles. The number of pyridine rings is 1. The molecule has 180 valence electrons. The molecular weight excluding hydrogens is 435 g/mol. The molecule has 0 saturated heterocycles. The van der Waals surface area contributed by atoms with Gasteiger partial charge in [-0.05, 0) is 69.0 Å².